The maximum absolute atomic E-state index is 13.9. The van der Waals surface area contributed by atoms with E-state index in [1.807, 2.05) is 45.0 Å². The van der Waals surface area contributed by atoms with Crippen LogP contribution in [0.3, 0.4) is 0 Å². The summed E-state index contributed by atoms with van der Waals surface area (Å²) in [6, 6.07) is 20.3. The van der Waals surface area contributed by atoms with Gasteiger partial charge < -0.3 is 9.64 Å². The molecule has 0 radical (unpaired) electrons. The topological polar surface area (TPSA) is 63.9 Å². The number of aromatic nitrogens is 1. The molecule has 0 unspecified atom stereocenters. The molecule has 0 bridgehead atoms. The van der Waals surface area contributed by atoms with Crippen LogP contribution < -0.4 is 19.6 Å². The Morgan fingerprint density at radius 2 is 1.76 bits per heavy atom. The second-order valence-corrected chi connectivity index (χ2v) is 11.0. The lowest BCUT2D eigenvalue weighted by Gasteiger charge is -2.29. The van der Waals surface area contributed by atoms with Gasteiger partial charge in [-0.15, -0.1) is 0 Å². The molecular weight excluding hydrogens is 561 g/mol. The molecule has 5 rings (SSSR count). The number of halogens is 2. The Balaban J connectivity index is 1.51. The Hall–Kier alpha value is -4.01. The number of ether oxygens (including phenoxy) is 1. The lowest BCUT2D eigenvalue weighted by molar-refractivity contribution is -0.127. The van der Waals surface area contributed by atoms with Crippen molar-refractivity contribution in [2.75, 3.05) is 13.1 Å². The van der Waals surface area contributed by atoms with Gasteiger partial charge in [0.25, 0.3) is 11.5 Å². The number of allylic oxidation sites excluding steroid dienone is 1. The minimum absolute atomic E-state index is 0.114. The van der Waals surface area contributed by atoms with Crippen molar-refractivity contribution in [3.63, 3.8) is 0 Å². The number of carbonyl (C=O) groups is 1. The largest absolute Gasteiger partial charge is 0.489 e. The van der Waals surface area contributed by atoms with E-state index in [0.29, 0.717) is 50.0 Å². The second kappa shape index (κ2) is 12.2. The predicted molar refractivity (Wildman–Crippen MR) is 160 cm³/mol. The van der Waals surface area contributed by atoms with Gasteiger partial charge >= 0.3 is 0 Å². The number of thiazole rings is 1. The van der Waals surface area contributed by atoms with Crippen LogP contribution >= 0.6 is 22.9 Å². The smallest absolute Gasteiger partial charge is 0.271 e. The fourth-order valence-electron chi connectivity index (χ4n) is 4.82. The van der Waals surface area contributed by atoms with E-state index >= 15 is 0 Å². The molecule has 1 aliphatic heterocycles. The highest BCUT2D eigenvalue weighted by atomic mass is 35.5. The van der Waals surface area contributed by atoms with E-state index in [-0.39, 0.29) is 23.9 Å². The van der Waals surface area contributed by atoms with Gasteiger partial charge in [-0.3, -0.25) is 14.2 Å². The Bertz CT molecular complexity index is 1790. The van der Waals surface area contributed by atoms with Crippen LogP contribution in [0, 0.1) is 5.82 Å². The highest BCUT2D eigenvalue weighted by molar-refractivity contribution is 7.07. The first kappa shape index (κ1) is 28.5. The molecule has 4 aromatic rings. The van der Waals surface area contributed by atoms with Crippen LogP contribution in [0.5, 0.6) is 5.75 Å². The fraction of sp³-hybridized carbons (Fsp3) is 0.219. The zero-order chi connectivity index (χ0) is 29.1. The van der Waals surface area contributed by atoms with Gasteiger partial charge in [0, 0.05) is 23.7 Å². The molecule has 3 aromatic carbocycles. The van der Waals surface area contributed by atoms with Gasteiger partial charge in [-0.1, -0.05) is 65.4 Å². The minimum atomic E-state index is -0.632. The maximum atomic E-state index is 13.9. The third-order valence-corrected chi connectivity index (χ3v) is 8.25. The van der Waals surface area contributed by atoms with E-state index < -0.39 is 6.04 Å². The number of nitrogens with zero attached hydrogens (tertiary/aromatic N) is 3. The van der Waals surface area contributed by atoms with Crippen LogP contribution in [0.2, 0.25) is 5.02 Å². The molecule has 0 saturated heterocycles. The molecule has 0 fully saturated rings. The fourth-order valence-corrected chi connectivity index (χ4v) is 6.00. The molecule has 1 atom stereocenters. The second-order valence-electron chi connectivity index (χ2n) is 9.56. The number of fused-ring (bicyclic) bond motifs is 1. The van der Waals surface area contributed by atoms with Gasteiger partial charge in [-0.05, 0) is 68.3 Å². The van der Waals surface area contributed by atoms with Crippen molar-refractivity contribution in [1.29, 1.82) is 0 Å². The molecule has 0 aliphatic carbocycles. The van der Waals surface area contributed by atoms with Crippen molar-refractivity contribution < 1.29 is 13.9 Å². The van der Waals surface area contributed by atoms with Crippen molar-refractivity contribution in [3.05, 3.63) is 131 Å². The third-order valence-electron chi connectivity index (χ3n) is 7.02. The Kier molecular flexibility index (Phi) is 8.52. The van der Waals surface area contributed by atoms with Crippen LogP contribution in [-0.2, 0) is 11.4 Å². The molecule has 41 heavy (non-hydrogen) atoms. The van der Waals surface area contributed by atoms with Gasteiger partial charge in [0.2, 0.25) is 0 Å². The van der Waals surface area contributed by atoms with Gasteiger partial charge in [0.05, 0.1) is 21.8 Å². The lowest BCUT2D eigenvalue weighted by Crippen LogP contribution is -2.43. The zero-order valence-electron chi connectivity index (χ0n) is 22.9. The molecule has 0 saturated carbocycles. The normalized spacial score (nSPS) is 15.0. The Labute approximate surface area is 246 Å². The number of likely N-dealkylation sites (N-methyl/N-ethyl adjacent to an activating group) is 1. The summed E-state index contributed by atoms with van der Waals surface area (Å²) < 4.78 is 21.7. The van der Waals surface area contributed by atoms with Crippen molar-refractivity contribution in [2.45, 2.75) is 33.4 Å². The summed E-state index contributed by atoms with van der Waals surface area (Å²) in [4.78, 5) is 34.5. The summed E-state index contributed by atoms with van der Waals surface area (Å²) in [5.41, 5.74) is 2.89. The number of hydrogen-bond donors (Lipinski definition) is 0. The number of benzene rings is 3. The summed E-state index contributed by atoms with van der Waals surface area (Å²) in [7, 11) is 0. The number of rotatable bonds is 8. The van der Waals surface area contributed by atoms with E-state index in [0.717, 1.165) is 11.1 Å². The molecule has 1 aromatic heterocycles. The highest BCUT2D eigenvalue weighted by Gasteiger charge is 2.34. The molecule has 1 aliphatic rings. The van der Waals surface area contributed by atoms with Crippen molar-refractivity contribution >= 4 is 34.9 Å². The first-order valence-corrected chi connectivity index (χ1v) is 14.5. The van der Waals surface area contributed by atoms with E-state index in [2.05, 4.69) is 0 Å². The highest BCUT2D eigenvalue weighted by Crippen LogP contribution is 2.31. The van der Waals surface area contributed by atoms with Crippen LogP contribution in [0.25, 0.3) is 6.08 Å². The first-order valence-electron chi connectivity index (χ1n) is 13.3. The predicted octanol–water partition coefficient (Wildman–Crippen LogP) is 5.48. The summed E-state index contributed by atoms with van der Waals surface area (Å²) in [6.45, 7) is 6.88. The Morgan fingerprint density at radius 3 is 2.41 bits per heavy atom. The Morgan fingerprint density at radius 1 is 1.07 bits per heavy atom. The molecule has 210 valence electrons. The van der Waals surface area contributed by atoms with Gasteiger partial charge in [0.1, 0.15) is 18.2 Å². The van der Waals surface area contributed by atoms with E-state index in [9.17, 15) is 14.0 Å². The zero-order valence-corrected chi connectivity index (χ0v) is 24.5. The summed E-state index contributed by atoms with van der Waals surface area (Å²) in [5.74, 6) is 0.134. The van der Waals surface area contributed by atoms with Crippen LogP contribution in [0.15, 0.2) is 93.9 Å². The van der Waals surface area contributed by atoms with Gasteiger partial charge in [0.15, 0.2) is 4.80 Å². The van der Waals surface area contributed by atoms with E-state index in [4.69, 9.17) is 21.3 Å². The average Bonchev–Trinajstić information content (AvgIpc) is 3.27. The van der Waals surface area contributed by atoms with Crippen LogP contribution in [0.4, 0.5) is 4.39 Å². The van der Waals surface area contributed by atoms with Crippen LogP contribution in [-0.4, -0.2) is 28.5 Å². The van der Waals surface area contributed by atoms with Gasteiger partial charge in [-0.25, -0.2) is 9.38 Å². The number of hydrogen-bond acceptors (Lipinski definition) is 5. The maximum Gasteiger partial charge on any atom is 0.271 e. The molecular formula is C32H29ClFN3O3S. The number of amides is 1. The molecule has 0 spiro atoms. The van der Waals surface area contributed by atoms with Gasteiger partial charge in [-0.2, -0.15) is 0 Å². The quantitative estimate of drug-likeness (QED) is 0.274. The van der Waals surface area contributed by atoms with Crippen LogP contribution in [0.1, 0.15) is 43.5 Å². The van der Waals surface area contributed by atoms with Crippen molar-refractivity contribution in [2.24, 2.45) is 4.99 Å². The van der Waals surface area contributed by atoms with Crippen molar-refractivity contribution in [3.8, 4) is 5.75 Å². The average molecular weight is 590 g/mol. The monoisotopic (exact) mass is 589 g/mol. The summed E-state index contributed by atoms with van der Waals surface area (Å²) >= 11 is 7.44. The molecule has 1 amide bonds. The van der Waals surface area contributed by atoms with E-state index in [1.165, 1.54) is 17.4 Å². The van der Waals surface area contributed by atoms with E-state index in [1.54, 1.807) is 58.0 Å². The lowest BCUT2D eigenvalue weighted by atomic mass is 9.94. The molecule has 9 heteroatoms. The van der Waals surface area contributed by atoms with Crippen molar-refractivity contribution in [1.82, 2.24) is 9.47 Å². The third kappa shape index (κ3) is 5.89. The minimum Gasteiger partial charge on any atom is -0.489 e. The first-order chi connectivity index (χ1) is 19.8. The molecule has 6 nitrogen and oxygen atoms in total. The summed E-state index contributed by atoms with van der Waals surface area (Å²) in [6.07, 6.45) is 1.80. The summed E-state index contributed by atoms with van der Waals surface area (Å²) in [5, 5.41) is 0.569. The molecule has 2 heterocycles. The number of carbonyl (C=O) groups excluding carboxylic acids is 1. The standard InChI is InChI=1S/C32H29ClFN3O3S/c1-4-36(5-2)31(39)28-20(3)35-32-37(29(28)22-12-14-24(33)15-13-22)30(38)27(41-32)18-21-10-16-25(17-11-21)40-19-23-8-6-7-9-26(23)34/h6-18,29H,4-5,19H2,1-3H3/b27-18+/t29-/m0/s1. The molecule has 0 N–H and O–H groups in total. The SMILES string of the molecule is CCN(CC)C(=O)C1=C(C)N=c2s/c(=C/c3ccc(OCc4ccccc4F)cc3)c(=O)n2[C@H]1c1ccc(Cl)cc1.